The summed E-state index contributed by atoms with van der Waals surface area (Å²) < 4.78 is 5.64. The summed E-state index contributed by atoms with van der Waals surface area (Å²) in [7, 11) is 0. The van der Waals surface area contributed by atoms with E-state index in [0.29, 0.717) is 41.7 Å². The SMILES string of the molecule is C.Nc1nccc2cc(CCC(=O)c3cnc(OCc4ccncc4)c(Cl)c3)ccc12. The molecule has 6 nitrogen and oxygen atoms in total. The Balaban J connectivity index is 0.00000272. The van der Waals surface area contributed by atoms with E-state index in [2.05, 4.69) is 15.0 Å². The molecule has 4 aromatic rings. The van der Waals surface area contributed by atoms with Gasteiger partial charge in [0.15, 0.2) is 5.78 Å². The van der Waals surface area contributed by atoms with Crippen molar-refractivity contribution in [1.82, 2.24) is 15.0 Å². The summed E-state index contributed by atoms with van der Waals surface area (Å²) in [4.78, 5) is 24.9. The lowest BCUT2D eigenvalue weighted by Gasteiger charge is -2.09. The lowest BCUT2D eigenvalue weighted by Crippen LogP contribution is -2.04. The Bertz CT molecular complexity index is 1200. The summed E-state index contributed by atoms with van der Waals surface area (Å²) in [5, 5.41) is 2.22. The van der Waals surface area contributed by atoms with Crippen molar-refractivity contribution in [2.75, 3.05) is 5.73 Å². The van der Waals surface area contributed by atoms with Gasteiger partial charge in [-0.15, -0.1) is 0 Å². The molecule has 3 aromatic heterocycles. The number of anilines is 1. The molecular weight excluding hydrogens is 412 g/mol. The van der Waals surface area contributed by atoms with E-state index >= 15 is 0 Å². The maximum absolute atomic E-state index is 12.6. The number of benzene rings is 1. The highest BCUT2D eigenvalue weighted by Crippen LogP contribution is 2.25. The van der Waals surface area contributed by atoms with E-state index in [1.54, 1.807) is 24.7 Å². The van der Waals surface area contributed by atoms with Crippen LogP contribution < -0.4 is 10.5 Å². The number of nitrogen functional groups attached to an aromatic ring is 1. The number of aryl methyl sites for hydroxylation is 1. The van der Waals surface area contributed by atoms with Crippen molar-refractivity contribution in [3.63, 3.8) is 0 Å². The number of ether oxygens (including phenoxy) is 1. The van der Waals surface area contributed by atoms with E-state index in [4.69, 9.17) is 22.1 Å². The average Bonchev–Trinajstić information content (AvgIpc) is 2.77. The highest BCUT2D eigenvalue weighted by atomic mass is 35.5. The van der Waals surface area contributed by atoms with Crippen LogP contribution in [0.2, 0.25) is 5.02 Å². The van der Waals surface area contributed by atoms with E-state index in [9.17, 15) is 4.79 Å². The van der Waals surface area contributed by atoms with Gasteiger partial charge in [0, 0.05) is 42.2 Å². The van der Waals surface area contributed by atoms with Gasteiger partial charge in [0.25, 0.3) is 0 Å². The van der Waals surface area contributed by atoms with Gasteiger partial charge in [0.05, 0.1) is 0 Å². The Kier molecular flexibility index (Phi) is 7.15. The molecule has 0 amide bonds. The summed E-state index contributed by atoms with van der Waals surface area (Å²) in [6, 6.07) is 13.1. The first-order valence-electron chi connectivity index (χ1n) is 9.44. The summed E-state index contributed by atoms with van der Waals surface area (Å²) >= 11 is 6.27. The van der Waals surface area contributed by atoms with Crippen LogP contribution in [0.1, 0.15) is 35.3 Å². The number of hydrogen-bond acceptors (Lipinski definition) is 6. The molecule has 158 valence electrons. The minimum Gasteiger partial charge on any atom is -0.472 e. The third-order valence-corrected chi connectivity index (χ3v) is 5.03. The molecule has 0 bridgehead atoms. The quantitative estimate of drug-likeness (QED) is 0.397. The Hall–Kier alpha value is -3.51. The zero-order chi connectivity index (χ0) is 20.9. The van der Waals surface area contributed by atoms with Crippen molar-refractivity contribution in [3.8, 4) is 5.88 Å². The summed E-state index contributed by atoms with van der Waals surface area (Å²) in [5.74, 6) is 0.771. The van der Waals surface area contributed by atoms with Crippen molar-refractivity contribution in [1.29, 1.82) is 0 Å². The van der Waals surface area contributed by atoms with Gasteiger partial charge in [-0.2, -0.15) is 0 Å². The topological polar surface area (TPSA) is 91.0 Å². The van der Waals surface area contributed by atoms with Crippen molar-refractivity contribution in [3.05, 3.63) is 89.0 Å². The largest absolute Gasteiger partial charge is 0.472 e. The molecule has 0 fully saturated rings. The van der Waals surface area contributed by atoms with Crippen molar-refractivity contribution < 1.29 is 9.53 Å². The van der Waals surface area contributed by atoms with E-state index in [1.165, 1.54) is 6.20 Å². The second kappa shape index (κ2) is 10.00. The van der Waals surface area contributed by atoms with E-state index < -0.39 is 0 Å². The number of Topliss-reactive ketones (excluding diaryl/α,β-unsaturated/α-hetero) is 1. The maximum Gasteiger partial charge on any atom is 0.232 e. The Morgan fingerprint density at radius 2 is 1.81 bits per heavy atom. The monoisotopic (exact) mass is 434 g/mol. The number of hydrogen-bond donors (Lipinski definition) is 1. The van der Waals surface area contributed by atoms with Crippen LogP contribution in [0.15, 0.2) is 67.3 Å². The number of fused-ring (bicyclic) bond motifs is 1. The fourth-order valence-electron chi connectivity index (χ4n) is 3.12. The predicted molar refractivity (Wildman–Crippen MR) is 123 cm³/mol. The molecule has 31 heavy (non-hydrogen) atoms. The second-order valence-electron chi connectivity index (χ2n) is 6.83. The molecule has 0 aliphatic heterocycles. The van der Waals surface area contributed by atoms with Gasteiger partial charge in [-0.25, -0.2) is 9.97 Å². The predicted octanol–water partition coefficient (Wildman–Crippen LogP) is 5.29. The second-order valence-corrected chi connectivity index (χ2v) is 7.24. The number of pyridine rings is 3. The first-order chi connectivity index (χ1) is 14.6. The van der Waals surface area contributed by atoms with Crippen LogP contribution in [0.25, 0.3) is 10.8 Å². The number of ketones is 1. The summed E-state index contributed by atoms with van der Waals surface area (Å²) in [5.41, 5.74) is 8.36. The molecule has 0 atom stereocenters. The normalized spacial score (nSPS) is 10.5. The fourth-order valence-corrected chi connectivity index (χ4v) is 3.34. The molecule has 3 heterocycles. The van der Waals surface area contributed by atoms with E-state index in [-0.39, 0.29) is 13.2 Å². The smallest absolute Gasteiger partial charge is 0.232 e. The van der Waals surface area contributed by atoms with Crippen molar-refractivity contribution in [2.45, 2.75) is 26.9 Å². The van der Waals surface area contributed by atoms with Crippen LogP contribution in [0.3, 0.4) is 0 Å². The fraction of sp³-hybridized carbons (Fsp3) is 0.167. The third-order valence-electron chi connectivity index (χ3n) is 4.75. The Morgan fingerprint density at radius 3 is 2.58 bits per heavy atom. The number of carbonyl (C=O) groups excluding carboxylic acids is 1. The van der Waals surface area contributed by atoms with Gasteiger partial charge >= 0.3 is 0 Å². The molecule has 0 unspecified atom stereocenters. The van der Waals surface area contributed by atoms with Crippen LogP contribution in [0, 0.1) is 0 Å². The van der Waals surface area contributed by atoms with Crippen molar-refractivity contribution >= 4 is 34.0 Å². The molecule has 2 N–H and O–H groups in total. The van der Waals surface area contributed by atoms with Crippen LogP contribution in [-0.4, -0.2) is 20.7 Å². The lowest BCUT2D eigenvalue weighted by molar-refractivity contribution is 0.0982. The molecule has 0 aliphatic rings. The lowest BCUT2D eigenvalue weighted by atomic mass is 10.0. The average molecular weight is 435 g/mol. The van der Waals surface area contributed by atoms with Gasteiger partial charge in [-0.05, 0) is 47.2 Å². The van der Waals surface area contributed by atoms with Gasteiger partial charge in [-0.1, -0.05) is 37.2 Å². The van der Waals surface area contributed by atoms with Gasteiger partial charge in [-0.3, -0.25) is 9.78 Å². The van der Waals surface area contributed by atoms with Crippen LogP contribution in [0.4, 0.5) is 5.82 Å². The van der Waals surface area contributed by atoms with Gasteiger partial charge < -0.3 is 10.5 Å². The zero-order valence-electron chi connectivity index (χ0n) is 16.1. The van der Waals surface area contributed by atoms with E-state index in [0.717, 1.165) is 21.9 Å². The standard InChI is InChI=1S/C23H19ClN4O2.CH4/c24-20-12-18(13-28-23(20)30-14-16-5-8-26-9-6-16)21(29)4-2-15-1-3-19-17(11-15)7-10-27-22(19)25;/h1,3,5-13H,2,4,14H2,(H2,25,27);1H4. The summed E-state index contributed by atoms with van der Waals surface area (Å²) in [6.07, 6.45) is 7.52. The first kappa shape index (κ1) is 22.2. The Morgan fingerprint density at radius 1 is 1.00 bits per heavy atom. The molecular formula is C24H23ClN4O2. The minimum absolute atomic E-state index is 0. The van der Waals surface area contributed by atoms with E-state index in [1.807, 2.05) is 36.4 Å². The van der Waals surface area contributed by atoms with Crippen molar-refractivity contribution in [2.24, 2.45) is 0 Å². The van der Waals surface area contributed by atoms with Crippen LogP contribution in [-0.2, 0) is 13.0 Å². The zero-order valence-corrected chi connectivity index (χ0v) is 16.8. The van der Waals surface area contributed by atoms with Gasteiger partial charge in [0.1, 0.15) is 17.4 Å². The molecule has 0 saturated carbocycles. The molecule has 4 rings (SSSR count). The van der Waals surface area contributed by atoms with Crippen LogP contribution in [0.5, 0.6) is 5.88 Å². The minimum atomic E-state index is -0.0283. The molecule has 0 saturated heterocycles. The highest BCUT2D eigenvalue weighted by molar-refractivity contribution is 6.32. The number of carbonyl (C=O) groups is 1. The Labute approximate surface area is 186 Å². The number of halogens is 1. The maximum atomic E-state index is 12.6. The summed E-state index contributed by atoms with van der Waals surface area (Å²) in [6.45, 7) is 0.324. The molecule has 0 aliphatic carbocycles. The number of aromatic nitrogens is 3. The number of nitrogens with zero attached hydrogens (tertiary/aromatic N) is 3. The molecule has 0 spiro atoms. The number of nitrogens with two attached hydrogens (primary N) is 1. The number of rotatable bonds is 7. The van der Waals surface area contributed by atoms with Crippen LogP contribution >= 0.6 is 11.6 Å². The molecule has 7 heteroatoms. The first-order valence-corrected chi connectivity index (χ1v) is 9.81. The highest BCUT2D eigenvalue weighted by Gasteiger charge is 2.12. The third kappa shape index (κ3) is 5.35. The molecule has 1 aromatic carbocycles. The molecule has 0 radical (unpaired) electrons. The van der Waals surface area contributed by atoms with Gasteiger partial charge in [0.2, 0.25) is 5.88 Å².